The Morgan fingerprint density at radius 1 is 0.592 bits per heavy atom. The summed E-state index contributed by atoms with van der Waals surface area (Å²) in [6, 6.07) is 15.8. The summed E-state index contributed by atoms with van der Waals surface area (Å²) in [5, 5.41) is 0. The number of hydrogen-bond donors (Lipinski definition) is 2. The molecule has 8 heterocycles. The lowest BCUT2D eigenvalue weighted by molar-refractivity contribution is -0.139. The molecule has 2 spiro atoms. The number of piperidine rings is 1. The number of carbonyl (C=O) groups excluding carboxylic acids is 2. The number of carbonyl (C=O) groups is 2. The molecule has 15 rings (SSSR count). The number of aromatic amines is 2. The zero-order valence-corrected chi connectivity index (χ0v) is 41.5. The fourth-order valence-electron chi connectivity index (χ4n) is 18.4. The van der Waals surface area contributed by atoms with Crippen LogP contribution < -0.4 is 9.80 Å². The van der Waals surface area contributed by atoms with Gasteiger partial charge in [-0.25, -0.2) is 18.7 Å². The quantitative estimate of drug-likeness (QED) is 0.176. The Labute approximate surface area is 416 Å². The largest absolute Gasteiger partial charge is 0.367 e. The maximum absolute atomic E-state index is 17.4. The summed E-state index contributed by atoms with van der Waals surface area (Å²) in [4.78, 5) is 59.6. The molecule has 370 valence electrons. The first-order valence-electron chi connectivity index (χ1n) is 28.0. The first-order chi connectivity index (χ1) is 34.6. The van der Waals surface area contributed by atoms with Gasteiger partial charge in [-0.2, -0.15) is 0 Å². The average Bonchev–Trinajstić information content (AvgIpc) is 4.21. The van der Waals surface area contributed by atoms with E-state index >= 15 is 18.4 Å². The molecule has 10 nitrogen and oxygen atoms in total. The Kier molecular flexibility index (Phi) is 9.52. The van der Waals surface area contributed by atoms with E-state index < -0.39 is 28.3 Å². The van der Waals surface area contributed by atoms with Gasteiger partial charge in [0.1, 0.15) is 29.2 Å². The number of imidazole rings is 2. The minimum absolute atomic E-state index is 0.0143. The Balaban J connectivity index is 0.926. The van der Waals surface area contributed by atoms with Crippen molar-refractivity contribution in [2.75, 3.05) is 22.9 Å². The summed E-state index contributed by atoms with van der Waals surface area (Å²) in [7, 11) is 0. The van der Waals surface area contributed by atoms with E-state index in [-0.39, 0.29) is 65.2 Å². The monoisotopic (exact) mass is 959 g/mol. The molecule has 3 aromatic carbocycles. The van der Waals surface area contributed by atoms with E-state index in [1.807, 2.05) is 4.90 Å². The second-order valence-corrected chi connectivity index (χ2v) is 24.5. The average molecular weight is 959 g/mol. The summed E-state index contributed by atoms with van der Waals surface area (Å²) < 4.78 is 34.8. The number of anilines is 2. The molecule has 2 aromatic heterocycles. The van der Waals surface area contributed by atoms with Crippen LogP contribution in [0.3, 0.4) is 0 Å². The summed E-state index contributed by atoms with van der Waals surface area (Å²) in [6.07, 6.45) is 19.2. The molecule has 5 aromatic rings. The third-order valence-electron chi connectivity index (χ3n) is 21.5. The van der Waals surface area contributed by atoms with Crippen molar-refractivity contribution in [3.63, 3.8) is 0 Å². The highest BCUT2D eigenvalue weighted by molar-refractivity contribution is 5.98. The van der Waals surface area contributed by atoms with Gasteiger partial charge >= 0.3 is 0 Å². The van der Waals surface area contributed by atoms with Crippen molar-refractivity contribution >= 4 is 45.3 Å². The van der Waals surface area contributed by atoms with E-state index in [2.05, 4.69) is 74.9 Å². The molecule has 2 amide bonds. The molecular weight excluding hydrogens is 891 g/mol. The maximum Gasteiger partial charge on any atom is 0.239 e. The van der Waals surface area contributed by atoms with E-state index in [1.165, 1.54) is 0 Å². The van der Waals surface area contributed by atoms with Gasteiger partial charge in [0.15, 0.2) is 11.6 Å². The van der Waals surface area contributed by atoms with Crippen LogP contribution in [-0.4, -0.2) is 78.3 Å². The zero-order valence-electron chi connectivity index (χ0n) is 41.5. The number of H-pyrrole nitrogens is 2. The third kappa shape index (κ3) is 5.79. The first-order valence-corrected chi connectivity index (χ1v) is 28.0. The predicted molar refractivity (Wildman–Crippen MR) is 270 cm³/mol. The third-order valence-corrected chi connectivity index (χ3v) is 21.5. The number of benzene rings is 3. The van der Waals surface area contributed by atoms with Crippen LogP contribution in [0.5, 0.6) is 0 Å². The molecule has 71 heavy (non-hydrogen) atoms. The number of halogens is 2. The van der Waals surface area contributed by atoms with Gasteiger partial charge < -0.3 is 29.6 Å². The van der Waals surface area contributed by atoms with Crippen molar-refractivity contribution in [2.45, 2.75) is 177 Å². The van der Waals surface area contributed by atoms with E-state index in [4.69, 9.17) is 9.97 Å². The van der Waals surface area contributed by atoms with Crippen molar-refractivity contribution in [3.8, 4) is 0 Å². The Morgan fingerprint density at radius 2 is 1.11 bits per heavy atom. The van der Waals surface area contributed by atoms with Crippen molar-refractivity contribution in [2.24, 2.45) is 29.6 Å². The van der Waals surface area contributed by atoms with Gasteiger partial charge in [0, 0.05) is 18.8 Å². The number of hydrogen-bond acceptors (Lipinski definition) is 6. The predicted octanol–water partition coefficient (Wildman–Crippen LogP) is 11.5. The summed E-state index contributed by atoms with van der Waals surface area (Å²) in [5.41, 5.74) is 4.85. The van der Waals surface area contributed by atoms with Crippen molar-refractivity contribution < 1.29 is 18.4 Å². The molecule has 12 heteroatoms. The van der Waals surface area contributed by atoms with E-state index in [0.717, 1.165) is 173 Å². The van der Waals surface area contributed by atoms with Gasteiger partial charge in [0.2, 0.25) is 11.8 Å². The maximum atomic E-state index is 17.4. The zero-order chi connectivity index (χ0) is 47.7. The molecule has 9 atom stereocenters. The Morgan fingerprint density at radius 3 is 1.69 bits per heavy atom. The SMILES string of the molecule is CC1C[C@H](C2CC3CCCC34c3ccc5[nH]c(nc5c3)[C](C3CCCC3)C(=O)N24)N(c2cc(F)c(N3CCCCC3)c(F)c2)[C@]1(C)C1C[C@@H]2CCC[C@@]23c2ccc4[nH]c(nc4c2)[C](C2CCCC2)C(=O)N13. The highest BCUT2D eigenvalue weighted by Crippen LogP contribution is 2.65. The Hall–Kier alpha value is -5.00. The molecule has 6 aliphatic heterocycles. The molecule has 10 aliphatic rings. The van der Waals surface area contributed by atoms with E-state index in [9.17, 15) is 0 Å². The van der Waals surface area contributed by atoms with E-state index in [0.29, 0.717) is 30.4 Å². The van der Waals surface area contributed by atoms with Crippen molar-refractivity contribution in [1.29, 1.82) is 0 Å². The summed E-state index contributed by atoms with van der Waals surface area (Å²) >= 11 is 0. The van der Waals surface area contributed by atoms with Crippen LogP contribution in [0.4, 0.5) is 20.2 Å². The van der Waals surface area contributed by atoms with Crippen molar-refractivity contribution in [3.05, 3.63) is 94.8 Å². The van der Waals surface area contributed by atoms with Gasteiger partial charge in [0.25, 0.3) is 0 Å². The molecule has 2 N–H and O–H groups in total. The van der Waals surface area contributed by atoms with Crippen LogP contribution in [0.25, 0.3) is 22.1 Å². The number of rotatable bonds is 6. The van der Waals surface area contributed by atoms with Gasteiger partial charge in [-0.15, -0.1) is 0 Å². The normalized spacial score (nSPS) is 35.4. The molecule has 5 unspecified atom stereocenters. The number of fused-ring (bicyclic) bond motifs is 4. The lowest BCUT2D eigenvalue weighted by atomic mass is 9.77. The standard InChI is InChI=1S/C59H68F2N8O2/c1-33-26-47(48-29-36-16-10-22-58(36)38-18-20-43-45(27-38)64-53(62-43)50(55(70)68(48)58)34-12-4-5-13-34)67(40-31-41(60)52(42(61)32-40)66-24-8-3-9-25-66)57(33,2)49-30-37-17-11-23-59(37)39-19-21-44-46(28-39)65-54(63-44)51(56(71)69(49)59)35-14-6-7-15-35/h18-21,27-28,31-37,47-49H,3-17,22-26,29-30H2,1-2H3,(H,62,64)(H,63,65)/t33?,36?,37-,47+,48?,49?,57-,58?,59-/m0/s1. The molecule has 4 saturated carbocycles. The van der Waals surface area contributed by atoms with E-state index in [1.54, 1.807) is 12.1 Å². The molecule has 6 bridgehead atoms. The van der Waals surface area contributed by atoms with Crippen LogP contribution in [0, 0.1) is 53.1 Å². The number of nitrogens with one attached hydrogen (secondary N) is 2. The fourth-order valence-corrected chi connectivity index (χ4v) is 18.4. The minimum atomic E-state index is -0.782. The smallest absolute Gasteiger partial charge is 0.239 e. The minimum Gasteiger partial charge on any atom is -0.367 e. The second-order valence-electron chi connectivity index (χ2n) is 24.5. The lowest BCUT2D eigenvalue weighted by Crippen LogP contribution is -2.66. The molecule has 8 fully saturated rings. The van der Waals surface area contributed by atoms with Crippen molar-refractivity contribution in [1.82, 2.24) is 29.7 Å². The number of aromatic nitrogens is 4. The second kappa shape index (κ2) is 15.5. The Bertz CT molecular complexity index is 2980. The molecular formula is C59H68F2N8O2. The molecule has 4 saturated heterocycles. The van der Waals surface area contributed by atoms with Crippen LogP contribution in [-0.2, 0) is 20.7 Å². The highest BCUT2D eigenvalue weighted by atomic mass is 19.1. The first kappa shape index (κ1) is 43.6. The van der Waals surface area contributed by atoms with Gasteiger partial charge in [-0.1, -0.05) is 57.6 Å². The van der Waals surface area contributed by atoms with Crippen LogP contribution in [0.1, 0.15) is 165 Å². The molecule has 4 aliphatic carbocycles. The summed E-state index contributed by atoms with van der Waals surface area (Å²) in [6.45, 7) is 5.94. The number of amides is 2. The molecule has 2 radical (unpaired) electrons. The topological polar surface area (TPSA) is 104 Å². The highest BCUT2D eigenvalue weighted by Gasteiger charge is 2.70. The fraction of sp³-hybridized carbons (Fsp3) is 0.593. The van der Waals surface area contributed by atoms with Crippen LogP contribution in [0.15, 0.2) is 48.5 Å². The van der Waals surface area contributed by atoms with Gasteiger partial charge in [-0.3, -0.25) is 9.59 Å². The lowest BCUT2D eigenvalue weighted by Gasteiger charge is -2.54. The van der Waals surface area contributed by atoms with Gasteiger partial charge in [0.05, 0.1) is 56.8 Å². The van der Waals surface area contributed by atoms with Crippen LogP contribution >= 0.6 is 0 Å². The number of nitrogens with zero attached hydrogens (tertiary/aromatic N) is 6. The summed E-state index contributed by atoms with van der Waals surface area (Å²) in [5.74, 6) is 2.79. The van der Waals surface area contributed by atoms with Crippen LogP contribution in [0.2, 0.25) is 0 Å². The van der Waals surface area contributed by atoms with Gasteiger partial charge in [-0.05, 0) is 174 Å².